The van der Waals surface area contributed by atoms with Crippen molar-refractivity contribution in [3.8, 4) is 5.75 Å². The molecule has 0 bridgehead atoms. The van der Waals surface area contributed by atoms with E-state index in [0.717, 1.165) is 35.9 Å². The van der Waals surface area contributed by atoms with Gasteiger partial charge in [0.05, 0.1) is 24.9 Å². The Morgan fingerprint density at radius 2 is 1.96 bits per heavy atom. The van der Waals surface area contributed by atoms with Gasteiger partial charge in [0.1, 0.15) is 5.75 Å². The molecule has 0 aliphatic carbocycles. The van der Waals surface area contributed by atoms with E-state index in [0.29, 0.717) is 19.3 Å². The van der Waals surface area contributed by atoms with Gasteiger partial charge in [0.25, 0.3) is 5.56 Å². The first kappa shape index (κ1) is 16.8. The van der Waals surface area contributed by atoms with Crippen LogP contribution in [0.4, 0.5) is 0 Å². The van der Waals surface area contributed by atoms with Gasteiger partial charge >= 0.3 is 0 Å². The number of benzene rings is 2. The lowest BCUT2D eigenvalue weighted by molar-refractivity contribution is 0.187. The largest absolute Gasteiger partial charge is 0.494 e. The molecule has 5 heteroatoms. The lowest BCUT2D eigenvalue weighted by Gasteiger charge is -2.25. The Balaban J connectivity index is 1.57. The highest BCUT2D eigenvalue weighted by Crippen LogP contribution is 2.32. The number of aromatic nitrogens is 2. The first-order valence-corrected chi connectivity index (χ1v) is 9.18. The summed E-state index contributed by atoms with van der Waals surface area (Å²) >= 11 is 0. The summed E-state index contributed by atoms with van der Waals surface area (Å²) in [5.74, 6) is 0.896. The summed E-state index contributed by atoms with van der Waals surface area (Å²) < 4.78 is 7.11. The van der Waals surface area contributed by atoms with Gasteiger partial charge in [-0.25, -0.2) is 4.68 Å². The van der Waals surface area contributed by atoms with Crippen molar-refractivity contribution in [2.75, 3.05) is 13.2 Å². The fraction of sp³-hybridized carbons (Fsp3) is 0.333. The van der Waals surface area contributed by atoms with Gasteiger partial charge in [-0.2, -0.15) is 5.10 Å². The smallest absolute Gasteiger partial charge is 0.275 e. The quantitative estimate of drug-likeness (QED) is 0.706. The highest BCUT2D eigenvalue weighted by Gasteiger charge is 2.26. The fourth-order valence-corrected chi connectivity index (χ4v) is 3.73. The van der Waals surface area contributed by atoms with Gasteiger partial charge in [-0.1, -0.05) is 30.3 Å². The molecule has 1 saturated heterocycles. The monoisotopic (exact) mass is 349 g/mol. The molecule has 0 radical (unpaired) electrons. The third kappa shape index (κ3) is 3.22. The van der Waals surface area contributed by atoms with Crippen LogP contribution in [-0.4, -0.2) is 27.8 Å². The SMILES string of the molecule is CCOc1ccc(C2CCCN2Cn2ncc3ccccc3c2=O)cc1. The molecule has 0 N–H and O–H groups in total. The molecule has 0 saturated carbocycles. The van der Waals surface area contributed by atoms with Crippen LogP contribution in [0.25, 0.3) is 10.8 Å². The average Bonchev–Trinajstić information content (AvgIpc) is 3.13. The molecular weight excluding hydrogens is 326 g/mol. The first-order valence-electron chi connectivity index (χ1n) is 9.18. The highest BCUT2D eigenvalue weighted by atomic mass is 16.5. The fourth-order valence-electron chi connectivity index (χ4n) is 3.73. The summed E-state index contributed by atoms with van der Waals surface area (Å²) in [6, 6.07) is 16.2. The molecule has 4 rings (SSSR count). The Kier molecular flexibility index (Phi) is 4.71. The van der Waals surface area contributed by atoms with Crippen LogP contribution in [0.2, 0.25) is 0 Å². The lowest BCUT2D eigenvalue weighted by atomic mass is 10.0. The summed E-state index contributed by atoms with van der Waals surface area (Å²) in [6.07, 6.45) is 4.00. The van der Waals surface area contributed by atoms with E-state index in [1.54, 1.807) is 10.9 Å². The second-order valence-electron chi connectivity index (χ2n) is 6.65. The maximum absolute atomic E-state index is 12.7. The van der Waals surface area contributed by atoms with Gasteiger partial charge in [-0.05, 0) is 43.5 Å². The van der Waals surface area contributed by atoms with Crippen LogP contribution in [0, 0.1) is 0 Å². The van der Waals surface area contributed by atoms with E-state index in [9.17, 15) is 4.79 Å². The van der Waals surface area contributed by atoms with Crippen LogP contribution < -0.4 is 10.3 Å². The lowest BCUT2D eigenvalue weighted by Crippen LogP contribution is -2.33. The normalized spacial score (nSPS) is 17.7. The zero-order valence-corrected chi connectivity index (χ0v) is 15.0. The van der Waals surface area contributed by atoms with Crippen molar-refractivity contribution in [1.29, 1.82) is 0 Å². The molecule has 1 aromatic heterocycles. The number of likely N-dealkylation sites (tertiary alicyclic amines) is 1. The van der Waals surface area contributed by atoms with E-state index < -0.39 is 0 Å². The molecule has 2 aromatic carbocycles. The van der Waals surface area contributed by atoms with Crippen LogP contribution >= 0.6 is 0 Å². The minimum absolute atomic E-state index is 0.0274. The second kappa shape index (κ2) is 7.30. The standard InChI is InChI=1S/C21H23N3O2/c1-2-26-18-11-9-16(10-12-18)20-8-5-13-23(20)15-24-21(25)19-7-4-3-6-17(19)14-22-24/h3-4,6-7,9-12,14,20H,2,5,8,13,15H2,1H3. The highest BCUT2D eigenvalue weighted by molar-refractivity contribution is 5.80. The first-order chi connectivity index (χ1) is 12.8. The van der Waals surface area contributed by atoms with E-state index in [4.69, 9.17) is 4.74 Å². The molecule has 26 heavy (non-hydrogen) atoms. The van der Waals surface area contributed by atoms with Crippen LogP contribution in [-0.2, 0) is 6.67 Å². The predicted molar refractivity (Wildman–Crippen MR) is 102 cm³/mol. The Morgan fingerprint density at radius 3 is 2.77 bits per heavy atom. The maximum Gasteiger partial charge on any atom is 0.275 e. The van der Waals surface area contributed by atoms with Crippen LogP contribution in [0.3, 0.4) is 0 Å². The molecule has 1 atom stereocenters. The van der Waals surface area contributed by atoms with E-state index in [2.05, 4.69) is 22.1 Å². The zero-order valence-electron chi connectivity index (χ0n) is 15.0. The van der Waals surface area contributed by atoms with E-state index in [1.807, 2.05) is 43.3 Å². The molecule has 0 spiro atoms. The Labute approximate surface area is 152 Å². The molecule has 2 heterocycles. The third-order valence-electron chi connectivity index (χ3n) is 5.02. The summed E-state index contributed by atoms with van der Waals surface area (Å²) in [4.78, 5) is 15.1. The second-order valence-corrected chi connectivity index (χ2v) is 6.65. The van der Waals surface area contributed by atoms with Gasteiger partial charge in [-0.3, -0.25) is 9.69 Å². The summed E-state index contributed by atoms with van der Waals surface area (Å²) in [5.41, 5.74) is 1.24. The number of ether oxygens (including phenoxy) is 1. The van der Waals surface area contributed by atoms with Gasteiger partial charge in [-0.15, -0.1) is 0 Å². The van der Waals surface area contributed by atoms with Gasteiger partial charge in [0.2, 0.25) is 0 Å². The number of nitrogens with zero attached hydrogens (tertiary/aromatic N) is 3. The third-order valence-corrected chi connectivity index (χ3v) is 5.02. The molecule has 1 aliphatic heterocycles. The molecule has 0 amide bonds. The van der Waals surface area contributed by atoms with E-state index in [1.165, 1.54) is 5.56 Å². The predicted octanol–water partition coefficient (Wildman–Crippen LogP) is 3.59. The van der Waals surface area contributed by atoms with Crippen molar-refractivity contribution in [2.45, 2.75) is 32.5 Å². The van der Waals surface area contributed by atoms with E-state index >= 15 is 0 Å². The Hall–Kier alpha value is -2.66. The number of fused-ring (bicyclic) bond motifs is 1. The molecule has 1 fully saturated rings. The average molecular weight is 349 g/mol. The Morgan fingerprint density at radius 1 is 1.15 bits per heavy atom. The van der Waals surface area contributed by atoms with Crippen molar-refractivity contribution in [2.24, 2.45) is 0 Å². The van der Waals surface area contributed by atoms with Crippen molar-refractivity contribution >= 4 is 10.8 Å². The summed E-state index contributed by atoms with van der Waals surface area (Å²) in [7, 11) is 0. The van der Waals surface area contributed by atoms with Crippen LogP contribution in [0.5, 0.6) is 5.75 Å². The van der Waals surface area contributed by atoms with E-state index in [-0.39, 0.29) is 5.56 Å². The van der Waals surface area contributed by atoms with Crippen LogP contribution in [0.1, 0.15) is 31.4 Å². The summed E-state index contributed by atoms with van der Waals surface area (Å²) in [6.45, 7) is 4.15. The van der Waals surface area contributed by atoms with Gasteiger partial charge in [0, 0.05) is 18.0 Å². The molecular formula is C21H23N3O2. The van der Waals surface area contributed by atoms with Crippen LogP contribution in [0.15, 0.2) is 59.5 Å². The van der Waals surface area contributed by atoms with Crippen molar-refractivity contribution < 1.29 is 4.74 Å². The summed E-state index contributed by atoms with van der Waals surface area (Å²) in [5, 5.41) is 5.99. The van der Waals surface area contributed by atoms with Crippen molar-refractivity contribution in [1.82, 2.24) is 14.7 Å². The maximum atomic E-state index is 12.7. The molecule has 3 aromatic rings. The number of hydrogen-bond acceptors (Lipinski definition) is 4. The Bertz CT molecular complexity index is 949. The van der Waals surface area contributed by atoms with Gasteiger partial charge in [0.15, 0.2) is 0 Å². The number of rotatable bonds is 5. The van der Waals surface area contributed by atoms with Crippen molar-refractivity contribution in [3.05, 3.63) is 70.6 Å². The minimum atomic E-state index is -0.0274. The topological polar surface area (TPSA) is 47.4 Å². The molecule has 5 nitrogen and oxygen atoms in total. The number of hydrogen-bond donors (Lipinski definition) is 0. The zero-order chi connectivity index (χ0) is 17.9. The molecule has 1 unspecified atom stereocenters. The molecule has 1 aliphatic rings. The van der Waals surface area contributed by atoms with Gasteiger partial charge < -0.3 is 4.74 Å². The molecule has 134 valence electrons. The minimum Gasteiger partial charge on any atom is -0.494 e. The van der Waals surface area contributed by atoms with Crippen molar-refractivity contribution in [3.63, 3.8) is 0 Å².